The highest BCUT2D eigenvalue weighted by molar-refractivity contribution is 5.32. The Labute approximate surface area is 121 Å². The van der Waals surface area contributed by atoms with Gasteiger partial charge in [0.25, 0.3) is 0 Å². The van der Waals surface area contributed by atoms with Crippen LogP contribution in [0.1, 0.15) is 45.1 Å². The topological polar surface area (TPSA) is 29.5 Å². The van der Waals surface area contributed by atoms with Gasteiger partial charge in [0.2, 0.25) is 0 Å². The SMILES string of the molecule is COc1cccc(CC2(O)CCC(C(C)C)CC2)c1F. The molecule has 1 aromatic rings. The van der Waals surface area contributed by atoms with E-state index in [1.807, 2.05) is 0 Å². The molecule has 1 saturated carbocycles. The van der Waals surface area contributed by atoms with Gasteiger partial charge < -0.3 is 9.84 Å². The summed E-state index contributed by atoms with van der Waals surface area (Å²) in [6.45, 7) is 4.47. The molecule has 1 aliphatic carbocycles. The smallest absolute Gasteiger partial charge is 0.168 e. The molecule has 0 spiro atoms. The zero-order valence-corrected chi connectivity index (χ0v) is 12.7. The molecule has 0 bridgehead atoms. The van der Waals surface area contributed by atoms with Crippen molar-refractivity contribution in [1.82, 2.24) is 0 Å². The zero-order valence-electron chi connectivity index (χ0n) is 12.7. The van der Waals surface area contributed by atoms with Gasteiger partial charge in [-0.05, 0) is 49.1 Å². The van der Waals surface area contributed by atoms with E-state index in [2.05, 4.69) is 13.8 Å². The maximum Gasteiger partial charge on any atom is 0.168 e. The van der Waals surface area contributed by atoms with Crippen LogP contribution in [-0.2, 0) is 6.42 Å². The van der Waals surface area contributed by atoms with Crippen molar-refractivity contribution in [2.24, 2.45) is 11.8 Å². The molecule has 20 heavy (non-hydrogen) atoms. The number of aliphatic hydroxyl groups is 1. The lowest BCUT2D eigenvalue weighted by Crippen LogP contribution is -2.37. The summed E-state index contributed by atoms with van der Waals surface area (Å²) < 4.78 is 19.2. The minimum Gasteiger partial charge on any atom is -0.494 e. The molecule has 0 aliphatic heterocycles. The molecule has 1 aromatic carbocycles. The van der Waals surface area contributed by atoms with E-state index in [-0.39, 0.29) is 11.6 Å². The summed E-state index contributed by atoms with van der Waals surface area (Å²) in [6, 6.07) is 5.13. The molecule has 3 heteroatoms. The normalized spacial score (nSPS) is 26.8. The van der Waals surface area contributed by atoms with Crippen molar-refractivity contribution in [3.63, 3.8) is 0 Å². The first-order valence-corrected chi connectivity index (χ1v) is 7.49. The van der Waals surface area contributed by atoms with Crippen molar-refractivity contribution in [2.45, 2.75) is 51.6 Å². The van der Waals surface area contributed by atoms with Crippen LogP contribution in [0.3, 0.4) is 0 Å². The van der Waals surface area contributed by atoms with E-state index in [4.69, 9.17) is 4.74 Å². The van der Waals surface area contributed by atoms with Gasteiger partial charge in [0.1, 0.15) is 0 Å². The highest BCUT2D eigenvalue weighted by atomic mass is 19.1. The average molecular weight is 280 g/mol. The van der Waals surface area contributed by atoms with Gasteiger partial charge in [0, 0.05) is 6.42 Å². The molecule has 0 amide bonds. The van der Waals surface area contributed by atoms with Crippen LogP contribution in [0.2, 0.25) is 0 Å². The second-order valence-corrected chi connectivity index (χ2v) is 6.42. The summed E-state index contributed by atoms with van der Waals surface area (Å²) in [6.07, 6.45) is 3.94. The van der Waals surface area contributed by atoms with Crippen LogP contribution in [0.5, 0.6) is 5.75 Å². The Bertz CT molecular complexity index is 448. The van der Waals surface area contributed by atoms with Crippen LogP contribution in [0, 0.1) is 17.7 Å². The van der Waals surface area contributed by atoms with E-state index >= 15 is 0 Å². The largest absolute Gasteiger partial charge is 0.494 e. The van der Waals surface area contributed by atoms with Crippen LogP contribution >= 0.6 is 0 Å². The monoisotopic (exact) mass is 280 g/mol. The third-order valence-corrected chi connectivity index (χ3v) is 4.69. The molecule has 0 atom stereocenters. The number of benzene rings is 1. The first-order valence-electron chi connectivity index (χ1n) is 7.49. The summed E-state index contributed by atoms with van der Waals surface area (Å²) in [7, 11) is 1.46. The Balaban J connectivity index is 2.07. The van der Waals surface area contributed by atoms with Crippen molar-refractivity contribution in [1.29, 1.82) is 0 Å². The Morgan fingerprint density at radius 3 is 2.55 bits per heavy atom. The van der Waals surface area contributed by atoms with Crippen molar-refractivity contribution in [2.75, 3.05) is 7.11 Å². The predicted molar refractivity (Wildman–Crippen MR) is 78.4 cm³/mol. The minimum atomic E-state index is -0.765. The quantitative estimate of drug-likeness (QED) is 0.904. The maximum atomic E-state index is 14.2. The summed E-state index contributed by atoms with van der Waals surface area (Å²) in [5.74, 6) is 1.26. The van der Waals surface area contributed by atoms with Crippen molar-refractivity contribution in [3.05, 3.63) is 29.6 Å². The minimum absolute atomic E-state index is 0.252. The molecule has 1 aliphatic rings. The molecular weight excluding hydrogens is 255 g/mol. The van der Waals surface area contributed by atoms with Gasteiger partial charge in [-0.2, -0.15) is 0 Å². The van der Waals surface area contributed by atoms with Crippen molar-refractivity contribution < 1.29 is 14.2 Å². The third kappa shape index (κ3) is 3.32. The lowest BCUT2D eigenvalue weighted by Gasteiger charge is -2.37. The molecule has 0 unspecified atom stereocenters. The molecule has 0 saturated heterocycles. The van der Waals surface area contributed by atoms with E-state index < -0.39 is 5.60 Å². The van der Waals surface area contributed by atoms with Gasteiger partial charge in [-0.3, -0.25) is 0 Å². The first kappa shape index (κ1) is 15.3. The number of halogens is 1. The molecule has 0 radical (unpaired) electrons. The molecule has 0 heterocycles. The Morgan fingerprint density at radius 1 is 1.35 bits per heavy atom. The predicted octanol–water partition coefficient (Wildman–Crippen LogP) is 3.95. The number of ether oxygens (including phenoxy) is 1. The fourth-order valence-corrected chi connectivity index (χ4v) is 3.23. The van der Waals surface area contributed by atoms with Crippen molar-refractivity contribution >= 4 is 0 Å². The molecule has 2 nitrogen and oxygen atoms in total. The molecule has 2 rings (SSSR count). The molecular formula is C17H25FO2. The van der Waals surface area contributed by atoms with Gasteiger partial charge in [0.05, 0.1) is 12.7 Å². The highest BCUT2D eigenvalue weighted by Crippen LogP contribution is 2.38. The summed E-state index contributed by atoms with van der Waals surface area (Å²) >= 11 is 0. The summed E-state index contributed by atoms with van der Waals surface area (Å²) in [4.78, 5) is 0. The van der Waals surface area contributed by atoms with E-state index in [9.17, 15) is 9.50 Å². The van der Waals surface area contributed by atoms with Gasteiger partial charge in [-0.15, -0.1) is 0 Å². The van der Waals surface area contributed by atoms with E-state index in [1.54, 1.807) is 18.2 Å². The Kier molecular flexibility index (Phi) is 4.69. The lowest BCUT2D eigenvalue weighted by atomic mass is 9.72. The van der Waals surface area contributed by atoms with Gasteiger partial charge >= 0.3 is 0 Å². The van der Waals surface area contributed by atoms with Crippen LogP contribution in [0.15, 0.2) is 18.2 Å². The molecule has 0 aromatic heterocycles. The Hall–Kier alpha value is -1.09. The molecule has 112 valence electrons. The van der Waals surface area contributed by atoms with Crippen molar-refractivity contribution in [3.8, 4) is 5.75 Å². The van der Waals surface area contributed by atoms with E-state index in [1.165, 1.54) is 7.11 Å². The standard InChI is InChI=1S/C17H25FO2/c1-12(2)13-7-9-17(19,10-8-13)11-14-5-4-6-15(20-3)16(14)18/h4-6,12-13,19H,7-11H2,1-3H3. The molecule has 1 N–H and O–H groups in total. The van der Waals surface area contributed by atoms with Crippen LogP contribution in [-0.4, -0.2) is 17.8 Å². The maximum absolute atomic E-state index is 14.2. The summed E-state index contributed by atoms with van der Waals surface area (Å²) in [5.41, 5.74) is -0.214. The van der Waals surface area contributed by atoms with E-state index in [0.717, 1.165) is 25.7 Å². The fraction of sp³-hybridized carbons (Fsp3) is 0.647. The van der Waals surface area contributed by atoms with Crippen LogP contribution in [0.4, 0.5) is 4.39 Å². The number of methoxy groups -OCH3 is 1. The molecule has 1 fully saturated rings. The zero-order chi connectivity index (χ0) is 14.8. The summed E-state index contributed by atoms with van der Waals surface area (Å²) in [5, 5.41) is 10.7. The number of hydrogen-bond donors (Lipinski definition) is 1. The third-order valence-electron chi connectivity index (χ3n) is 4.69. The van der Waals surface area contributed by atoms with Crippen LogP contribution in [0.25, 0.3) is 0 Å². The second kappa shape index (κ2) is 6.13. The average Bonchev–Trinajstić information content (AvgIpc) is 2.41. The van der Waals surface area contributed by atoms with Crippen LogP contribution < -0.4 is 4.74 Å². The fourth-order valence-electron chi connectivity index (χ4n) is 3.23. The number of hydrogen-bond acceptors (Lipinski definition) is 2. The number of rotatable bonds is 4. The van der Waals surface area contributed by atoms with E-state index in [0.29, 0.717) is 23.8 Å². The second-order valence-electron chi connectivity index (χ2n) is 6.42. The Morgan fingerprint density at radius 2 is 2.00 bits per heavy atom. The lowest BCUT2D eigenvalue weighted by molar-refractivity contribution is -0.0152. The van der Waals surface area contributed by atoms with Gasteiger partial charge in [0.15, 0.2) is 11.6 Å². The van der Waals surface area contributed by atoms with Gasteiger partial charge in [-0.25, -0.2) is 4.39 Å². The van der Waals surface area contributed by atoms with Gasteiger partial charge in [-0.1, -0.05) is 26.0 Å². The highest BCUT2D eigenvalue weighted by Gasteiger charge is 2.35. The first-order chi connectivity index (χ1) is 9.45.